The van der Waals surface area contributed by atoms with Gasteiger partial charge in [-0.05, 0) is 43.4 Å². The van der Waals surface area contributed by atoms with Crippen LogP contribution in [-0.2, 0) is 25.3 Å². The summed E-state index contributed by atoms with van der Waals surface area (Å²) in [6.07, 6.45) is 2.43. The van der Waals surface area contributed by atoms with Gasteiger partial charge in [-0.1, -0.05) is 31.5 Å². The molecule has 0 bridgehead atoms. The Bertz CT molecular complexity index is 1270. The minimum absolute atomic E-state index is 0.142. The van der Waals surface area contributed by atoms with Crippen LogP contribution < -0.4 is 16.6 Å². The Morgan fingerprint density at radius 3 is 2.52 bits per heavy atom. The molecule has 1 aromatic carbocycles. The molecule has 0 saturated carbocycles. The number of pyridine rings is 1. The molecule has 0 aliphatic carbocycles. The van der Waals surface area contributed by atoms with Crippen LogP contribution in [-0.4, -0.2) is 25.8 Å². The first-order valence-corrected chi connectivity index (χ1v) is 11.2. The fraction of sp³-hybridized carbons (Fsp3) is 0.391. The Balaban J connectivity index is 2.00. The van der Waals surface area contributed by atoms with E-state index in [2.05, 4.69) is 24.1 Å². The molecule has 0 saturated heterocycles. The number of aromatic nitrogens is 3. The van der Waals surface area contributed by atoms with E-state index in [-0.39, 0.29) is 11.7 Å². The van der Waals surface area contributed by atoms with E-state index in [9.17, 15) is 14.4 Å². The highest BCUT2D eigenvalue weighted by atomic mass is 32.2. The number of rotatable bonds is 6. The number of aryl methyl sites for hydroxylation is 3. The number of carbonyl (C=O) groups excluding carboxylic acids is 1. The van der Waals surface area contributed by atoms with Gasteiger partial charge in [-0.15, -0.1) is 11.8 Å². The van der Waals surface area contributed by atoms with Crippen LogP contribution in [0, 0.1) is 19.8 Å². The number of nitrogens with zero attached hydrogens (tertiary/aromatic N) is 3. The lowest BCUT2D eigenvalue weighted by molar-refractivity contribution is -0.113. The average molecular weight is 441 g/mol. The molecule has 164 valence electrons. The molecule has 31 heavy (non-hydrogen) atoms. The van der Waals surface area contributed by atoms with Crippen molar-refractivity contribution in [3.63, 3.8) is 0 Å². The fourth-order valence-corrected chi connectivity index (χ4v) is 4.56. The minimum Gasteiger partial charge on any atom is -0.325 e. The highest BCUT2D eigenvalue weighted by Crippen LogP contribution is 2.30. The largest absolute Gasteiger partial charge is 0.332 e. The van der Waals surface area contributed by atoms with Crippen LogP contribution >= 0.6 is 11.8 Å². The number of thioether (sulfide) groups is 1. The minimum atomic E-state index is -0.426. The van der Waals surface area contributed by atoms with Crippen LogP contribution in [0.4, 0.5) is 5.69 Å². The van der Waals surface area contributed by atoms with Gasteiger partial charge in [0.05, 0.1) is 11.1 Å². The van der Waals surface area contributed by atoms with Gasteiger partial charge in [0, 0.05) is 30.9 Å². The number of fused-ring (bicyclic) bond motifs is 1. The quantitative estimate of drug-likeness (QED) is 0.595. The third-order valence-corrected chi connectivity index (χ3v) is 6.29. The number of anilines is 1. The number of nitrogens with one attached hydrogen (secondary N) is 1. The molecule has 7 nitrogen and oxygen atoms in total. The van der Waals surface area contributed by atoms with Gasteiger partial charge in [0.1, 0.15) is 5.65 Å². The fourth-order valence-electron chi connectivity index (χ4n) is 3.57. The van der Waals surface area contributed by atoms with E-state index in [4.69, 9.17) is 0 Å². The summed E-state index contributed by atoms with van der Waals surface area (Å²) in [6, 6.07) is 5.87. The standard InChI is InChI=1S/C23H28N4O3S/c1-13(2)9-16-11-24-21-19(22(29)27(6)23(30)26(21)5)20(16)31-12-18(28)25-17-8-7-14(3)10-15(17)4/h7-8,10-11,13H,9,12H2,1-6H3,(H,25,28). The third-order valence-electron chi connectivity index (χ3n) is 5.13. The van der Waals surface area contributed by atoms with Crippen molar-refractivity contribution in [2.24, 2.45) is 20.0 Å². The number of benzene rings is 1. The Labute approximate surface area is 185 Å². The molecule has 8 heteroatoms. The number of amides is 1. The van der Waals surface area contributed by atoms with Gasteiger partial charge in [-0.2, -0.15) is 0 Å². The molecule has 0 atom stereocenters. The van der Waals surface area contributed by atoms with Crippen molar-refractivity contribution in [1.29, 1.82) is 0 Å². The Morgan fingerprint density at radius 1 is 1.16 bits per heavy atom. The van der Waals surface area contributed by atoms with E-state index < -0.39 is 11.2 Å². The summed E-state index contributed by atoms with van der Waals surface area (Å²) < 4.78 is 2.46. The van der Waals surface area contributed by atoms with E-state index in [0.29, 0.717) is 21.8 Å². The van der Waals surface area contributed by atoms with E-state index in [1.807, 2.05) is 32.0 Å². The van der Waals surface area contributed by atoms with Crippen molar-refractivity contribution >= 4 is 34.4 Å². The zero-order valence-electron chi connectivity index (χ0n) is 18.8. The van der Waals surface area contributed by atoms with E-state index in [0.717, 1.165) is 33.4 Å². The smallest absolute Gasteiger partial charge is 0.325 e. The highest BCUT2D eigenvalue weighted by Gasteiger charge is 2.19. The summed E-state index contributed by atoms with van der Waals surface area (Å²) in [4.78, 5) is 43.1. The summed E-state index contributed by atoms with van der Waals surface area (Å²) in [6.45, 7) is 8.14. The van der Waals surface area contributed by atoms with Crippen LogP contribution in [0.5, 0.6) is 0 Å². The van der Waals surface area contributed by atoms with Crippen molar-refractivity contribution < 1.29 is 4.79 Å². The molecule has 0 spiro atoms. The second-order valence-corrected chi connectivity index (χ2v) is 9.26. The third kappa shape index (κ3) is 4.74. The van der Waals surface area contributed by atoms with Gasteiger partial charge in [0.15, 0.2) is 0 Å². The lowest BCUT2D eigenvalue weighted by atomic mass is 10.0. The first-order chi connectivity index (χ1) is 14.6. The summed E-state index contributed by atoms with van der Waals surface area (Å²) in [5.41, 5.74) is 3.32. The number of carbonyl (C=O) groups is 1. The first-order valence-electron chi connectivity index (χ1n) is 10.2. The zero-order valence-corrected chi connectivity index (χ0v) is 19.6. The van der Waals surface area contributed by atoms with E-state index in [1.54, 1.807) is 13.2 Å². The van der Waals surface area contributed by atoms with Gasteiger partial charge >= 0.3 is 5.69 Å². The van der Waals surface area contributed by atoms with Crippen molar-refractivity contribution in [2.75, 3.05) is 11.1 Å². The Hall–Kier alpha value is -2.87. The predicted octanol–water partition coefficient (Wildman–Crippen LogP) is 3.18. The molecular weight excluding hydrogens is 412 g/mol. The molecule has 3 aromatic rings. The highest BCUT2D eigenvalue weighted by molar-refractivity contribution is 8.00. The SMILES string of the molecule is Cc1ccc(NC(=O)CSc2c(CC(C)C)cnc3c2c(=O)n(C)c(=O)n3C)c(C)c1. The molecule has 2 aromatic heterocycles. The molecule has 3 rings (SSSR count). The Morgan fingerprint density at radius 2 is 1.87 bits per heavy atom. The van der Waals surface area contributed by atoms with Gasteiger partial charge in [0.25, 0.3) is 5.56 Å². The molecule has 0 aliphatic heterocycles. The topological polar surface area (TPSA) is 86.0 Å². The summed E-state index contributed by atoms with van der Waals surface area (Å²) in [5.74, 6) is 0.335. The average Bonchev–Trinajstić information content (AvgIpc) is 2.71. The van der Waals surface area contributed by atoms with Crippen molar-refractivity contribution in [2.45, 2.75) is 39.0 Å². The second-order valence-electron chi connectivity index (χ2n) is 8.27. The van der Waals surface area contributed by atoms with Gasteiger partial charge in [0.2, 0.25) is 5.91 Å². The molecule has 1 amide bonds. The maximum Gasteiger partial charge on any atom is 0.332 e. The van der Waals surface area contributed by atoms with E-state index >= 15 is 0 Å². The van der Waals surface area contributed by atoms with Crippen molar-refractivity contribution in [3.8, 4) is 0 Å². The molecule has 1 N–H and O–H groups in total. The maximum atomic E-state index is 13.0. The monoisotopic (exact) mass is 440 g/mol. The normalized spacial score (nSPS) is 11.3. The molecule has 0 aliphatic rings. The summed E-state index contributed by atoms with van der Waals surface area (Å²) in [7, 11) is 3.06. The van der Waals surface area contributed by atoms with Crippen LogP contribution in [0.2, 0.25) is 0 Å². The van der Waals surface area contributed by atoms with Crippen LogP contribution in [0.25, 0.3) is 11.0 Å². The number of hydrogen-bond donors (Lipinski definition) is 1. The van der Waals surface area contributed by atoms with Crippen molar-refractivity contribution in [1.82, 2.24) is 14.1 Å². The number of hydrogen-bond acceptors (Lipinski definition) is 5. The van der Waals surface area contributed by atoms with Gasteiger partial charge in [-0.3, -0.25) is 18.7 Å². The van der Waals surface area contributed by atoms with Gasteiger partial charge in [-0.25, -0.2) is 9.78 Å². The maximum absolute atomic E-state index is 13.0. The lowest BCUT2D eigenvalue weighted by Crippen LogP contribution is -2.37. The first kappa shape index (κ1) is 22.8. The van der Waals surface area contributed by atoms with Gasteiger partial charge < -0.3 is 5.32 Å². The second kappa shape index (κ2) is 9.09. The van der Waals surface area contributed by atoms with Crippen LogP contribution in [0.1, 0.15) is 30.5 Å². The molecule has 0 fully saturated rings. The lowest BCUT2D eigenvalue weighted by Gasteiger charge is -2.16. The van der Waals surface area contributed by atoms with Crippen molar-refractivity contribution in [3.05, 3.63) is 61.9 Å². The van der Waals surface area contributed by atoms with Crippen LogP contribution in [0.15, 0.2) is 38.9 Å². The molecular formula is C23H28N4O3S. The molecule has 0 unspecified atom stereocenters. The predicted molar refractivity (Wildman–Crippen MR) is 126 cm³/mol. The Kier molecular flexibility index (Phi) is 6.69. The summed E-state index contributed by atoms with van der Waals surface area (Å²) in [5, 5.41) is 3.33. The summed E-state index contributed by atoms with van der Waals surface area (Å²) >= 11 is 1.31. The van der Waals surface area contributed by atoms with E-state index in [1.165, 1.54) is 23.4 Å². The van der Waals surface area contributed by atoms with Crippen LogP contribution in [0.3, 0.4) is 0 Å². The molecule has 2 heterocycles. The molecule has 0 radical (unpaired) electrons. The zero-order chi connectivity index (χ0) is 22.9.